The van der Waals surface area contributed by atoms with Crippen molar-refractivity contribution in [2.24, 2.45) is 5.92 Å². The summed E-state index contributed by atoms with van der Waals surface area (Å²) in [5.41, 5.74) is 3.86. The molecule has 0 bridgehead atoms. The summed E-state index contributed by atoms with van der Waals surface area (Å²) in [7, 11) is 0. The quantitative estimate of drug-likeness (QED) is 0.531. The number of phenols is 1. The van der Waals surface area contributed by atoms with E-state index in [1.165, 1.54) is 5.56 Å². The van der Waals surface area contributed by atoms with E-state index in [0.717, 1.165) is 30.5 Å². The summed E-state index contributed by atoms with van der Waals surface area (Å²) in [6, 6.07) is 13.5. The van der Waals surface area contributed by atoms with Crippen molar-refractivity contribution < 1.29 is 9.90 Å². The third-order valence-electron chi connectivity index (χ3n) is 5.71. The minimum atomic E-state index is -0.00685. The molecule has 0 aromatic heterocycles. The number of nitrogens with one attached hydrogen (secondary N) is 2. The number of anilines is 1. The molecule has 1 amide bonds. The van der Waals surface area contributed by atoms with E-state index in [2.05, 4.69) is 29.7 Å². The number of aromatic hydroxyl groups is 1. The smallest absolute Gasteiger partial charge is 0.251 e. The predicted octanol–water partition coefficient (Wildman–Crippen LogP) is 4.75. The lowest BCUT2D eigenvalue weighted by Gasteiger charge is -2.37. The minimum Gasteiger partial charge on any atom is -0.508 e. The van der Waals surface area contributed by atoms with E-state index in [0.29, 0.717) is 23.8 Å². The van der Waals surface area contributed by atoms with Gasteiger partial charge in [0.2, 0.25) is 0 Å². The van der Waals surface area contributed by atoms with Gasteiger partial charge in [0.15, 0.2) is 0 Å². The normalized spacial score (nSPS) is 22.6. The summed E-state index contributed by atoms with van der Waals surface area (Å²) in [6.07, 6.45) is 7.48. The number of rotatable bonds is 5. The number of para-hydroxylation sites is 1. The van der Waals surface area contributed by atoms with E-state index in [9.17, 15) is 9.90 Å². The summed E-state index contributed by atoms with van der Waals surface area (Å²) in [4.78, 5) is 12.4. The average Bonchev–Trinajstić information content (AvgIpc) is 3.18. The van der Waals surface area contributed by atoms with E-state index < -0.39 is 0 Å². The Morgan fingerprint density at radius 3 is 2.89 bits per heavy atom. The first-order valence-electron chi connectivity index (χ1n) is 9.82. The van der Waals surface area contributed by atoms with Crippen molar-refractivity contribution in [3.05, 3.63) is 71.3 Å². The lowest BCUT2D eigenvalue weighted by atomic mass is 9.76. The molecule has 4 heteroatoms. The maximum atomic E-state index is 12.4. The fourth-order valence-corrected chi connectivity index (χ4v) is 4.27. The Hall–Kier alpha value is -2.75. The molecule has 140 valence electrons. The molecule has 0 radical (unpaired) electrons. The first kappa shape index (κ1) is 17.7. The summed E-state index contributed by atoms with van der Waals surface area (Å²) in [6.45, 7) is 2.83. The van der Waals surface area contributed by atoms with E-state index in [4.69, 9.17) is 0 Å². The van der Waals surface area contributed by atoms with Crippen LogP contribution in [0.3, 0.4) is 0 Å². The molecule has 4 rings (SSSR count). The van der Waals surface area contributed by atoms with Crippen molar-refractivity contribution in [2.45, 2.75) is 38.1 Å². The fraction of sp³-hybridized carbons (Fsp3) is 0.348. The Bertz CT molecular complexity index is 874. The molecular formula is C23H26N2O2. The summed E-state index contributed by atoms with van der Waals surface area (Å²) in [5, 5.41) is 16.9. The number of phenolic OH excluding ortho intramolecular Hbond substituents is 1. The number of amides is 1. The highest BCUT2D eigenvalue weighted by Gasteiger charge is 2.38. The van der Waals surface area contributed by atoms with E-state index >= 15 is 0 Å². The monoisotopic (exact) mass is 362 g/mol. The van der Waals surface area contributed by atoms with Crippen molar-refractivity contribution in [1.29, 1.82) is 0 Å². The van der Waals surface area contributed by atoms with E-state index in [1.54, 1.807) is 6.07 Å². The zero-order valence-electron chi connectivity index (χ0n) is 15.6. The van der Waals surface area contributed by atoms with Gasteiger partial charge in [-0.05, 0) is 48.6 Å². The number of carbonyl (C=O) groups is 1. The molecule has 3 N–H and O–H groups in total. The molecule has 2 aromatic rings. The number of unbranched alkanes of at least 4 members (excludes halogenated alkanes) is 1. The lowest BCUT2D eigenvalue weighted by Crippen LogP contribution is -2.30. The van der Waals surface area contributed by atoms with Crippen molar-refractivity contribution in [2.75, 3.05) is 11.9 Å². The van der Waals surface area contributed by atoms with Crippen LogP contribution in [-0.2, 0) is 0 Å². The largest absolute Gasteiger partial charge is 0.508 e. The molecule has 0 fully saturated rings. The summed E-state index contributed by atoms with van der Waals surface area (Å²) >= 11 is 0. The standard InChI is InChI=1S/C23H26N2O2/c1-2-3-13-24-23(27)15-11-12-20-19(14-15)16-8-6-9-17(16)22(25-20)18-7-4-5-10-21(18)26/h4-8,10-12,14,16-17,22,25-26H,2-3,9,13H2,1H3,(H,24,27). The van der Waals surface area contributed by atoms with Crippen LogP contribution in [0.15, 0.2) is 54.6 Å². The van der Waals surface area contributed by atoms with Crippen LogP contribution in [0.5, 0.6) is 5.75 Å². The second-order valence-corrected chi connectivity index (χ2v) is 7.45. The predicted molar refractivity (Wildman–Crippen MR) is 108 cm³/mol. The van der Waals surface area contributed by atoms with E-state index in [1.807, 2.05) is 36.4 Å². The first-order chi connectivity index (χ1) is 13.2. The van der Waals surface area contributed by atoms with Crippen molar-refractivity contribution >= 4 is 11.6 Å². The fourth-order valence-electron chi connectivity index (χ4n) is 4.27. The van der Waals surface area contributed by atoms with Gasteiger partial charge in [-0.1, -0.05) is 43.7 Å². The number of hydrogen-bond acceptors (Lipinski definition) is 3. The molecule has 2 aliphatic rings. The highest BCUT2D eigenvalue weighted by Crippen LogP contribution is 2.51. The molecule has 2 aromatic carbocycles. The van der Waals surface area contributed by atoms with Gasteiger partial charge in [0, 0.05) is 29.3 Å². The van der Waals surface area contributed by atoms with Crippen LogP contribution in [0.4, 0.5) is 5.69 Å². The third-order valence-corrected chi connectivity index (χ3v) is 5.71. The molecule has 0 saturated carbocycles. The molecule has 0 spiro atoms. The molecule has 3 atom stereocenters. The Labute approximate surface area is 160 Å². The molecule has 27 heavy (non-hydrogen) atoms. The molecular weight excluding hydrogens is 336 g/mol. The number of fused-ring (bicyclic) bond motifs is 3. The molecule has 3 unspecified atom stereocenters. The van der Waals surface area contributed by atoms with Gasteiger partial charge in [0.05, 0.1) is 6.04 Å². The van der Waals surface area contributed by atoms with E-state index in [-0.39, 0.29) is 17.9 Å². The molecule has 4 nitrogen and oxygen atoms in total. The SMILES string of the molecule is CCCCNC(=O)c1ccc2c(c1)C1C=CCC1C(c1ccccc1O)N2. The first-order valence-corrected chi connectivity index (χ1v) is 9.82. The highest BCUT2D eigenvalue weighted by atomic mass is 16.3. The zero-order valence-corrected chi connectivity index (χ0v) is 15.6. The van der Waals surface area contributed by atoms with Crippen LogP contribution in [-0.4, -0.2) is 17.6 Å². The number of benzene rings is 2. The number of carbonyl (C=O) groups excluding carboxylic acids is 1. The van der Waals surface area contributed by atoms with Crippen LogP contribution >= 0.6 is 0 Å². The van der Waals surface area contributed by atoms with Crippen molar-refractivity contribution in [3.63, 3.8) is 0 Å². The van der Waals surface area contributed by atoms with Gasteiger partial charge in [-0.15, -0.1) is 0 Å². The van der Waals surface area contributed by atoms with Gasteiger partial charge in [-0.2, -0.15) is 0 Å². The summed E-state index contributed by atoms with van der Waals surface area (Å²) in [5.74, 6) is 0.919. The van der Waals surface area contributed by atoms with Gasteiger partial charge in [0.1, 0.15) is 5.75 Å². The van der Waals surface area contributed by atoms with Gasteiger partial charge in [-0.25, -0.2) is 0 Å². The Balaban J connectivity index is 1.64. The van der Waals surface area contributed by atoms with Crippen molar-refractivity contribution in [1.82, 2.24) is 5.32 Å². The van der Waals surface area contributed by atoms with Gasteiger partial charge >= 0.3 is 0 Å². The Morgan fingerprint density at radius 1 is 1.22 bits per heavy atom. The zero-order chi connectivity index (χ0) is 18.8. The van der Waals surface area contributed by atoms with Gasteiger partial charge in [-0.3, -0.25) is 4.79 Å². The van der Waals surface area contributed by atoms with Crippen LogP contribution in [0.1, 0.15) is 59.6 Å². The second kappa shape index (κ2) is 7.47. The molecule has 1 aliphatic carbocycles. The Kier molecular flexibility index (Phi) is 4.88. The van der Waals surface area contributed by atoms with Crippen LogP contribution in [0, 0.1) is 5.92 Å². The van der Waals surface area contributed by atoms with Gasteiger partial charge < -0.3 is 15.7 Å². The highest BCUT2D eigenvalue weighted by molar-refractivity contribution is 5.95. The molecule has 0 saturated heterocycles. The third kappa shape index (κ3) is 3.32. The number of allylic oxidation sites excluding steroid dienone is 2. The van der Waals surface area contributed by atoms with Gasteiger partial charge in [0.25, 0.3) is 5.91 Å². The molecule has 1 aliphatic heterocycles. The van der Waals surface area contributed by atoms with Crippen LogP contribution < -0.4 is 10.6 Å². The number of hydrogen-bond donors (Lipinski definition) is 3. The average molecular weight is 362 g/mol. The maximum Gasteiger partial charge on any atom is 0.251 e. The van der Waals surface area contributed by atoms with Crippen LogP contribution in [0.2, 0.25) is 0 Å². The Morgan fingerprint density at radius 2 is 2.07 bits per heavy atom. The summed E-state index contributed by atoms with van der Waals surface area (Å²) < 4.78 is 0. The second-order valence-electron chi connectivity index (χ2n) is 7.45. The molecule has 1 heterocycles. The maximum absolute atomic E-state index is 12.4. The minimum absolute atomic E-state index is 0.00685. The topological polar surface area (TPSA) is 61.4 Å². The lowest BCUT2D eigenvalue weighted by molar-refractivity contribution is 0.0953. The van der Waals surface area contributed by atoms with Crippen LogP contribution in [0.25, 0.3) is 0 Å². The van der Waals surface area contributed by atoms with Crippen molar-refractivity contribution in [3.8, 4) is 5.75 Å².